The third-order valence-electron chi connectivity index (χ3n) is 2.78. The molecule has 0 aliphatic heterocycles. The van der Waals surface area contributed by atoms with Gasteiger partial charge in [0.25, 0.3) is 0 Å². The number of carbonyl (C=O) groups is 1. The third kappa shape index (κ3) is 2.57. The molecule has 0 aromatic heterocycles. The fourth-order valence-electron chi connectivity index (χ4n) is 1.88. The molecule has 0 heterocycles. The van der Waals surface area contributed by atoms with E-state index in [-0.39, 0.29) is 5.78 Å². The molecule has 0 N–H and O–H groups in total. The number of alkyl halides is 3. The van der Waals surface area contributed by atoms with Crippen LogP contribution in [-0.4, -0.2) is 5.78 Å². The molecule has 0 saturated heterocycles. The predicted molar refractivity (Wildman–Crippen MR) is 58.3 cm³/mol. The van der Waals surface area contributed by atoms with E-state index in [9.17, 15) is 18.0 Å². The zero-order valence-electron chi connectivity index (χ0n) is 9.05. The molecule has 1 aromatic carbocycles. The Kier molecular flexibility index (Phi) is 3.05. The van der Waals surface area contributed by atoms with Gasteiger partial charge < -0.3 is 0 Å². The van der Waals surface area contributed by atoms with Gasteiger partial charge >= 0.3 is 6.18 Å². The predicted octanol–water partition coefficient (Wildman–Crippen LogP) is 3.84. The van der Waals surface area contributed by atoms with Crippen molar-refractivity contribution in [1.29, 1.82) is 0 Å². The Morgan fingerprint density at radius 2 is 1.71 bits per heavy atom. The molecule has 0 atom stereocenters. The van der Waals surface area contributed by atoms with Gasteiger partial charge in [0.05, 0.1) is 5.56 Å². The molecule has 1 aliphatic rings. The fraction of sp³-hybridized carbons (Fsp3) is 0.308. The molecule has 4 heteroatoms. The van der Waals surface area contributed by atoms with E-state index in [1.54, 1.807) is 6.08 Å². The standard InChI is InChI=1S/C13H11F3O/c14-13(15,16)10-7-5-9(6-8-10)11-3-1-2-4-12(11)17/h3,5-8H,1-2,4H2. The van der Waals surface area contributed by atoms with Gasteiger partial charge in [-0.1, -0.05) is 18.2 Å². The van der Waals surface area contributed by atoms with Gasteiger partial charge in [-0.15, -0.1) is 0 Å². The summed E-state index contributed by atoms with van der Waals surface area (Å²) in [6.45, 7) is 0. The highest BCUT2D eigenvalue weighted by Crippen LogP contribution is 2.31. The molecule has 1 aromatic rings. The first-order valence-corrected chi connectivity index (χ1v) is 5.39. The first-order valence-electron chi connectivity index (χ1n) is 5.39. The van der Waals surface area contributed by atoms with Crippen molar-refractivity contribution < 1.29 is 18.0 Å². The van der Waals surface area contributed by atoms with E-state index in [1.165, 1.54) is 12.1 Å². The second-order valence-corrected chi connectivity index (χ2v) is 4.01. The van der Waals surface area contributed by atoms with Crippen molar-refractivity contribution in [2.24, 2.45) is 0 Å². The van der Waals surface area contributed by atoms with Crippen LogP contribution in [0, 0.1) is 0 Å². The molecule has 17 heavy (non-hydrogen) atoms. The number of hydrogen-bond donors (Lipinski definition) is 0. The van der Waals surface area contributed by atoms with E-state index in [0.717, 1.165) is 25.0 Å². The minimum absolute atomic E-state index is 0.0102. The molecule has 0 amide bonds. The summed E-state index contributed by atoms with van der Waals surface area (Å²) in [7, 11) is 0. The summed E-state index contributed by atoms with van der Waals surface area (Å²) in [5.74, 6) is 0.0102. The number of hydrogen-bond acceptors (Lipinski definition) is 1. The molecule has 90 valence electrons. The summed E-state index contributed by atoms with van der Waals surface area (Å²) in [4.78, 5) is 11.6. The molecular weight excluding hydrogens is 229 g/mol. The minimum atomic E-state index is -4.33. The number of rotatable bonds is 1. The van der Waals surface area contributed by atoms with Crippen LogP contribution in [0.25, 0.3) is 5.57 Å². The molecule has 1 aliphatic carbocycles. The molecule has 0 saturated carbocycles. The molecule has 0 spiro atoms. The van der Waals surface area contributed by atoms with E-state index in [1.807, 2.05) is 0 Å². The van der Waals surface area contributed by atoms with Gasteiger partial charge in [0.1, 0.15) is 0 Å². The zero-order chi connectivity index (χ0) is 12.5. The van der Waals surface area contributed by atoms with Crippen LogP contribution in [0.5, 0.6) is 0 Å². The average Bonchev–Trinajstić information content (AvgIpc) is 2.29. The lowest BCUT2D eigenvalue weighted by molar-refractivity contribution is -0.137. The Bertz CT molecular complexity index is 455. The van der Waals surface area contributed by atoms with Gasteiger partial charge in [0.15, 0.2) is 5.78 Å². The quantitative estimate of drug-likeness (QED) is 0.728. The highest BCUT2D eigenvalue weighted by atomic mass is 19.4. The normalized spacial score (nSPS) is 16.9. The van der Waals surface area contributed by atoms with Gasteiger partial charge in [-0.2, -0.15) is 13.2 Å². The Morgan fingerprint density at radius 3 is 2.24 bits per heavy atom. The number of halogens is 3. The maximum absolute atomic E-state index is 12.4. The second kappa shape index (κ2) is 4.35. The smallest absolute Gasteiger partial charge is 0.294 e. The average molecular weight is 240 g/mol. The largest absolute Gasteiger partial charge is 0.416 e. The summed E-state index contributed by atoms with van der Waals surface area (Å²) < 4.78 is 37.1. The molecule has 2 rings (SSSR count). The van der Waals surface area contributed by atoms with Crippen molar-refractivity contribution >= 4 is 11.4 Å². The Hall–Kier alpha value is -1.58. The first kappa shape index (κ1) is 11.9. The Morgan fingerprint density at radius 1 is 1.06 bits per heavy atom. The SMILES string of the molecule is O=C1CCCC=C1c1ccc(C(F)(F)F)cc1. The molecule has 0 fully saturated rings. The van der Waals surface area contributed by atoms with E-state index >= 15 is 0 Å². The van der Waals surface area contributed by atoms with Gasteiger partial charge in [-0.3, -0.25) is 4.79 Å². The highest BCUT2D eigenvalue weighted by molar-refractivity contribution is 6.21. The summed E-state index contributed by atoms with van der Waals surface area (Å²) >= 11 is 0. The van der Waals surface area contributed by atoms with Gasteiger partial charge in [0, 0.05) is 12.0 Å². The molecule has 1 nitrogen and oxygen atoms in total. The van der Waals surface area contributed by atoms with Crippen molar-refractivity contribution in [3.05, 3.63) is 41.5 Å². The number of Topliss-reactive ketones (excluding diaryl/α,β-unsaturated/α-hetero) is 1. The van der Waals surface area contributed by atoms with Crippen LogP contribution >= 0.6 is 0 Å². The number of benzene rings is 1. The van der Waals surface area contributed by atoms with Crippen LogP contribution in [0.1, 0.15) is 30.4 Å². The maximum atomic E-state index is 12.4. The van der Waals surface area contributed by atoms with Gasteiger partial charge in [-0.05, 0) is 30.5 Å². The topological polar surface area (TPSA) is 17.1 Å². The molecular formula is C13H11F3O. The summed E-state index contributed by atoms with van der Waals surface area (Å²) in [5.41, 5.74) is 0.429. The van der Waals surface area contributed by atoms with Crippen LogP contribution in [0.4, 0.5) is 13.2 Å². The van der Waals surface area contributed by atoms with E-state index in [4.69, 9.17) is 0 Å². The van der Waals surface area contributed by atoms with Crippen LogP contribution < -0.4 is 0 Å². The van der Waals surface area contributed by atoms with Crippen LogP contribution in [0.15, 0.2) is 30.3 Å². The highest BCUT2D eigenvalue weighted by Gasteiger charge is 2.30. The van der Waals surface area contributed by atoms with Crippen LogP contribution in [0.2, 0.25) is 0 Å². The minimum Gasteiger partial charge on any atom is -0.294 e. The molecule has 0 unspecified atom stereocenters. The van der Waals surface area contributed by atoms with Gasteiger partial charge in [0.2, 0.25) is 0 Å². The van der Waals surface area contributed by atoms with Crippen molar-refractivity contribution in [3.8, 4) is 0 Å². The Labute approximate surface area is 96.9 Å². The lowest BCUT2D eigenvalue weighted by Gasteiger charge is -2.13. The van der Waals surface area contributed by atoms with Crippen LogP contribution in [-0.2, 0) is 11.0 Å². The molecule has 0 bridgehead atoms. The Balaban J connectivity index is 2.30. The van der Waals surface area contributed by atoms with Crippen LogP contribution in [0.3, 0.4) is 0 Å². The monoisotopic (exact) mass is 240 g/mol. The van der Waals surface area contributed by atoms with Crippen molar-refractivity contribution in [3.63, 3.8) is 0 Å². The summed E-state index contributed by atoms with van der Waals surface area (Å²) in [5, 5.41) is 0. The maximum Gasteiger partial charge on any atom is 0.416 e. The number of ketones is 1. The number of allylic oxidation sites excluding steroid dienone is 2. The lowest BCUT2D eigenvalue weighted by Crippen LogP contribution is -2.07. The second-order valence-electron chi connectivity index (χ2n) is 4.01. The van der Waals surface area contributed by atoms with E-state index < -0.39 is 11.7 Å². The van der Waals surface area contributed by atoms with E-state index in [0.29, 0.717) is 17.6 Å². The van der Waals surface area contributed by atoms with Crippen molar-refractivity contribution in [1.82, 2.24) is 0 Å². The fourth-order valence-corrected chi connectivity index (χ4v) is 1.88. The zero-order valence-corrected chi connectivity index (χ0v) is 9.05. The van der Waals surface area contributed by atoms with Crippen molar-refractivity contribution in [2.75, 3.05) is 0 Å². The van der Waals surface area contributed by atoms with Gasteiger partial charge in [-0.25, -0.2) is 0 Å². The molecule has 0 radical (unpaired) electrons. The first-order chi connectivity index (χ1) is 7.98. The lowest BCUT2D eigenvalue weighted by atomic mass is 9.92. The van der Waals surface area contributed by atoms with E-state index in [2.05, 4.69) is 0 Å². The summed E-state index contributed by atoms with van der Waals surface area (Å²) in [6.07, 6.45) is -0.421. The third-order valence-corrected chi connectivity index (χ3v) is 2.78. The number of carbonyl (C=O) groups excluding carboxylic acids is 1. The summed E-state index contributed by atoms with van der Waals surface area (Å²) in [6, 6.07) is 4.74. The van der Waals surface area contributed by atoms with Crippen molar-refractivity contribution in [2.45, 2.75) is 25.4 Å².